The summed E-state index contributed by atoms with van der Waals surface area (Å²) in [6.07, 6.45) is 1.84. The fourth-order valence-electron chi connectivity index (χ4n) is 1.50. The summed E-state index contributed by atoms with van der Waals surface area (Å²) in [5.41, 5.74) is 2.63. The summed E-state index contributed by atoms with van der Waals surface area (Å²) >= 11 is 0. The van der Waals surface area contributed by atoms with E-state index in [4.69, 9.17) is 0 Å². The molecule has 0 aliphatic rings. The second-order valence-corrected chi connectivity index (χ2v) is 3.29. The van der Waals surface area contributed by atoms with E-state index < -0.39 is 0 Å². The van der Waals surface area contributed by atoms with Gasteiger partial charge in [0.15, 0.2) is 0 Å². The molecule has 0 fully saturated rings. The zero-order valence-electron chi connectivity index (χ0n) is 8.18. The highest BCUT2D eigenvalue weighted by atomic mass is 15.0. The summed E-state index contributed by atoms with van der Waals surface area (Å²) in [6, 6.07) is 2.05. The van der Waals surface area contributed by atoms with Crippen molar-refractivity contribution in [3.63, 3.8) is 0 Å². The van der Waals surface area contributed by atoms with Crippen LogP contribution in [0.15, 0.2) is 12.3 Å². The third kappa shape index (κ3) is 1.58. The minimum atomic E-state index is 0.529. The van der Waals surface area contributed by atoms with Crippen LogP contribution in [0.25, 0.3) is 0 Å². The van der Waals surface area contributed by atoms with Gasteiger partial charge in [-0.1, -0.05) is 13.8 Å². The zero-order valence-corrected chi connectivity index (χ0v) is 8.18. The third-order valence-electron chi connectivity index (χ3n) is 2.02. The molecule has 0 radical (unpaired) electrons. The highest BCUT2D eigenvalue weighted by molar-refractivity contribution is 5.49. The Morgan fingerprint density at radius 1 is 1.42 bits per heavy atom. The molecular weight excluding hydrogens is 148 g/mol. The SMILES string of the molecule is CNc1nccc(C)c1C(C)C. The summed E-state index contributed by atoms with van der Waals surface area (Å²) in [4.78, 5) is 4.27. The van der Waals surface area contributed by atoms with Gasteiger partial charge in [0.25, 0.3) is 0 Å². The number of anilines is 1. The highest BCUT2D eigenvalue weighted by Crippen LogP contribution is 2.24. The number of aromatic nitrogens is 1. The predicted octanol–water partition coefficient (Wildman–Crippen LogP) is 2.56. The third-order valence-corrected chi connectivity index (χ3v) is 2.02. The fraction of sp³-hybridized carbons (Fsp3) is 0.500. The lowest BCUT2D eigenvalue weighted by atomic mass is 9.99. The summed E-state index contributed by atoms with van der Waals surface area (Å²) in [5, 5.41) is 3.11. The Labute approximate surface area is 74.0 Å². The molecule has 1 aromatic rings. The Hall–Kier alpha value is -1.05. The minimum absolute atomic E-state index is 0.529. The van der Waals surface area contributed by atoms with E-state index in [2.05, 4.69) is 37.1 Å². The first kappa shape index (κ1) is 9.04. The van der Waals surface area contributed by atoms with Gasteiger partial charge in [-0.15, -0.1) is 0 Å². The van der Waals surface area contributed by atoms with Crippen LogP contribution in [0, 0.1) is 6.92 Å². The first-order chi connectivity index (χ1) is 5.66. The van der Waals surface area contributed by atoms with Crippen LogP contribution in [-0.2, 0) is 0 Å². The lowest BCUT2D eigenvalue weighted by Crippen LogP contribution is -2.02. The Bertz CT molecular complexity index is 267. The topological polar surface area (TPSA) is 24.9 Å². The molecule has 66 valence electrons. The first-order valence-corrected chi connectivity index (χ1v) is 4.30. The molecule has 2 nitrogen and oxygen atoms in total. The van der Waals surface area contributed by atoms with Crippen molar-refractivity contribution in [3.8, 4) is 0 Å². The van der Waals surface area contributed by atoms with Gasteiger partial charge < -0.3 is 5.32 Å². The number of pyridine rings is 1. The van der Waals surface area contributed by atoms with E-state index in [0.717, 1.165) is 5.82 Å². The molecule has 0 aliphatic carbocycles. The van der Waals surface area contributed by atoms with Crippen molar-refractivity contribution in [2.45, 2.75) is 26.7 Å². The maximum Gasteiger partial charge on any atom is 0.129 e. The van der Waals surface area contributed by atoms with E-state index in [1.807, 2.05) is 13.2 Å². The average molecular weight is 164 g/mol. The van der Waals surface area contributed by atoms with Crippen molar-refractivity contribution >= 4 is 5.82 Å². The quantitative estimate of drug-likeness (QED) is 0.726. The van der Waals surface area contributed by atoms with Crippen LogP contribution in [0.3, 0.4) is 0 Å². The molecule has 12 heavy (non-hydrogen) atoms. The molecule has 1 rings (SSSR count). The smallest absolute Gasteiger partial charge is 0.129 e. The van der Waals surface area contributed by atoms with Crippen molar-refractivity contribution < 1.29 is 0 Å². The Morgan fingerprint density at radius 3 is 2.50 bits per heavy atom. The van der Waals surface area contributed by atoms with Gasteiger partial charge in [-0.3, -0.25) is 0 Å². The van der Waals surface area contributed by atoms with E-state index >= 15 is 0 Å². The fourth-order valence-corrected chi connectivity index (χ4v) is 1.50. The molecule has 1 aromatic heterocycles. The molecule has 1 heterocycles. The van der Waals surface area contributed by atoms with Crippen LogP contribution >= 0.6 is 0 Å². The summed E-state index contributed by atoms with van der Waals surface area (Å²) in [7, 11) is 1.91. The van der Waals surface area contributed by atoms with Crippen LogP contribution in [-0.4, -0.2) is 12.0 Å². The second-order valence-electron chi connectivity index (χ2n) is 3.29. The van der Waals surface area contributed by atoms with Gasteiger partial charge in [0.05, 0.1) is 0 Å². The van der Waals surface area contributed by atoms with Crippen LogP contribution in [0.2, 0.25) is 0 Å². The van der Waals surface area contributed by atoms with E-state index in [-0.39, 0.29) is 0 Å². The molecule has 2 heteroatoms. The average Bonchev–Trinajstić information content (AvgIpc) is 2.03. The van der Waals surface area contributed by atoms with Crippen LogP contribution in [0.1, 0.15) is 30.9 Å². The van der Waals surface area contributed by atoms with Gasteiger partial charge in [0, 0.05) is 13.2 Å². The number of hydrogen-bond donors (Lipinski definition) is 1. The van der Waals surface area contributed by atoms with Gasteiger partial charge in [-0.2, -0.15) is 0 Å². The van der Waals surface area contributed by atoms with E-state index in [1.54, 1.807) is 0 Å². The molecule has 0 spiro atoms. The maximum absolute atomic E-state index is 4.27. The monoisotopic (exact) mass is 164 g/mol. The van der Waals surface area contributed by atoms with Gasteiger partial charge in [-0.25, -0.2) is 4.98 Å². The molecule has 0 aliphatic heterocycles. The Kier molecular flexibility index (Phi) is 2.69. The van der Waals surface area contributed by atoms with Crippen LogP contribution in [0.5, 0.6) is 0 Å². The maximum atomic E-state index is 4.27. The van der Waals surface area contributed by atoms with Crippen molar-refractivity contribution in [2.24, 2.45) is 0 Å². The Balaban J connectivity index is 3.20. The first-order valence-electron chi connectivity index (χ1n) is 4.30. The molecule has 0 saturated heterocycles. The van der Waals surface area contributed by atoms with Gasteiger partial charge in [0.2, 0.25) is 0 Å². The number of rotatable bonds is 2. The second kappa shape index (κ2) is 3.57. The lowest BCUT2D eigenvalue weighted by Gasteiger charge is -2.13. The number of hydrogen-bond acceptors (Lipinski definition) is 2. The molecule has 0 aromatic carbocycles. The van der Waals surface area contributed by atoms with Crippen LogP contribution in [0.4, 0.5) is 5.82 Å². The largest absolute Gasteiger partial charge is 0.373 e. The van der Waals surface area contributed by atoms with Gasteiger partial charge in [0.1, 0.15) is 5.82 Å². The number of aryl methyl sites for hydroxylation is 1. The molecule has 1 N–H and O–H groups in total. The summed E-state index contributed by atoms with van der Waals surface area (Å²) < 4.78 is 0. The molecule has 0 unspecified atom stereocenters. The molecule has 0 atom stereocenters. The normalized spacial score (nSPS) is 10.4. The van der Waals surface area contributed by atoms with Crippen molar-refractivity contribution in [2.75, 3.05) is 12.4 Å². The highest BCUT2D eigenvalue weighted by Gasteiger charge is 2.08. The van der Waals surface area contributed by atoms with Crippen molar-refractivity contribution in [1.29, 1.82) is 0 Å². The van der Waals surface area contributed by atoms with Crippen molar-refractivity contribution in [3.05, 3.63) is 23.4 Å². The lowest BCUT2D eigenvalue weighted by molar-refractivity contribution is 0.850. The van der Waals surface area contributed by atoms with Gasteiger partial charge >= 0.3 is 0 Å². The minimum Gasteiger partial charge on any atom is -0.373 e. The predicted molar refractivity (Wildman–Crippen MR) is 52.6 cm³/mol. The van der Waals surface area contributed by atoms with Gasteiger partial charge in [-0.05, 0) is 30.0 Å². The Morgan fingerprint density at radius 2 is 2.08 bits per heavy atom. The molecule has 0 saturated carbocycles. The molecule has 0 amide bonds. The van der Waals surface area contributed by atoms with E-state index in [0.29, 0.717) is 5.92 Å². The summed E-state index contributed by atoms with van der Waals surface area (Å²) in [5.74, 6) is 1.53. The summed E-state index contributed by atoms with van der Waals surface area (Å²) in [6.45, 7) is 6.49. The zero-order chi connectivity index (χ0) is 9.14. The number of nitrogens with one attached hydrogen (secondary N) is 1. The number of nitrogens with zero attached hydrogens (tertiary/aromatic N) is 1. The standard InChI is InChI=1S/C10H16N2/c1-7(2)9-8(3)5-6-12-10(9)11-4/h5-7H,1-4H3,(H,11,12). The molecular formula is C10H16N2. The van der Waals surface area contributed by atoms with E-state index in [9.17, 15) is 0 Å². The van der Waals surface area contributed by atoms with E-state index in [1.165, 1.54) is 11.1 Å². The van der Waals surface area contributed by atoms with Crippen molar-refractivity contribution in [1.82, 2.24) is 4.98 Å². The van der Waals surface area contributed by atoms with Crippen LogP contribution < -0.4 is 5.32 Å². The molecule has 0 bridgehead atoms.